The Hall–Kier alpha value is -0.700. The van der Waals surface area contributed by atoms with Gasteiger partial charge >= 0.3 is 0 Å². The first kappa shape index (κ1) is 27.9. The van der Waals surface area contributed by atoms with Crippen molar-refractivity contribution in [2.24, 2.45) is 17.8 Å². The molecule has 5 heterocycles. The molecule has 11 nitrogen and oxygen atoms in total. The van der Waals surface area contributed by atoms with E-state index in [0.717, 1.165) is 12.8 Å². The van der Waals surface area contributed by atoms with Crippen LogP contribution in [-0.4, -0.2) is 122 Å². The highest BCUT2D eigenvalue weighted by atomic mass is 35.5. The zero-order valence-electron chi connectivity index (χ0n) is 22.1. The normalized spacial score (nSPS) is 44.7. The smallest absolute Gasteiger partial charge is 0.244 e. The number of amides is 2. The highest BCUT2D eigenvalue weighted by Gasteiger charge is 2.49. The summed E-state index contributed by atoms with van der Waals surface area (Å²) in [6, 6.07) is 0.185. The maximum Gasteiger partial charge on any atom is 0.244 e. The van der Waals surface area contributed by atoms with Crippen molar-refractivity contribution in [1.82, 2.24) is 36.6 Å². The van der Waals surface area contributed by atoms with Gasteiger partial charge < -0.3 is 25.0 Å². The zero-order chi connectivity index (χ0) is 26.3. The number of fused-ring (bicyclic) bond motifs is 1. The van der Waals surface area contributed by atoms with Crippen molar-refractivity contribution in [1.29, 1.82) is 0 Å². The summed E-state index contributed by atoms with van der Waals surface area (Å²) in [6.45, 7) is 5.48. The van der Waals surface area contributed by atoms with Gasteiger partial charge in [0.25, 0.3) is 0 Å². The molecule has 5 N–H and O–H groups in total. The highest BCUT2D eigenvalue weighted by Crippen LogP contribution is 2.38. The Morgan fingerprint density at radius 2 is 1.81 bits per heavy atom. The molecule has 0 saturated carbocycles. The summed E-state index contributed by atoms with van der Waals surface area (Å²) < 4.78 is 11.3. The number of carbonyl (C=O) groups excluding carboxylic acids is 2. The number of rotatable bonds is 6. The third kappa shape index (κ3) is 5.78. The average molecular weight is 560 g/mol. The number of methoxy groups -OCH3 is 2. The number of piperidine rings is 2. The predicted octanol–water partition coefficient (Wildman–Crippen LogP) is -1.06. The van der Waals surface area contributed by atoms with Crippen molar-refractivity contribution in [3.63, 3.8) is 0 Å². The highest BCUT2D eigenvalue weighted by molar-refractivity contribution is 8.00. The summed E-state index contributed by atoms with van der Waals surface area (Å²) in [5.41, 5.74) is 2.94. The first-order valence-corrected chi connectivity index (χ1v) is 14.8. The molecular formula is C24H42ClN7O4S. The third-order valence-electron chi connectivity index (χ3n) is 8.91. The van der Waals surface area contributed by atoms with Crippen molar-refractivity contribution >= 4 is 35.2 Å². The fraction of sp³-hybridized carbons (Fsp3) is 0.917. The molecule has 5 aliphatic rings. The summed E-state index contributed by atoms with van der Waals surface area (Å²) in [6.07, 6.45) is 1.61. The fourth-order valence-corrected chi connectivity index (χ4v) is 8.57. The zero-order valence-corrected chi connectivity index (χ0v) is 23.7. The van der Waals surface area contributed by atoms with Crippen LogP contribution >= 0.6 is 23.4 Å². The third-order valence-corrected chi connectivity index (χ3v) is 10.6. The molecule has 0 radical (unpaired) electrons. The molecule has 5 saturated heterocycles. The van der Waals surface area contributed by atoms with E-state index in [2.05, 4.69) is 33.6 Å². The van der Waals surface area contributed by atoms with E-state index in [-0.39, 0.29) is 70.1 Å². The molecule has 11 atom stereocenters. The first-order valence-electron chi connectivity index (χ1n) is 13.4. The molecule has 0 spiro atoms. The number of hydrazine groups is 1. The summed E-state index contributed by atoms with van der Waals surface area (Å²) in [5.74, 6) is 0.460. The lowest BCUT2D eigenvalue weighted by molar-refractivity contribution is -0.138. The van der Waals surface area contributed by atoms with Crippen LogP contribution in [0.15, 0.2) is 0 Å². The molecule has 5 fully saturated rings. The molecule has 210 valence electrons. The van der Waals surface area contributed by atoms with E-state index in [1.165, 1.54) is 0 Å². The summed E-state index contributed by atoms with van der Waals surface area (Å²) in [7, 11) is 5.28. The molecule has 0 bridgehead atoms. The van der Waals surface area contributed by atoms with Crippen LogP contribution in [0.25, 0.3) is 0 Å². The van der Waals surface area contributed by atoms with Crippen molar-refractivity contribution < 1.29 is 19.1 Å². The van der Waals surface area contributed by atoms with Crippen molar-refractivity contribution in [3.05, 3.63) is 0 Å². The number of ether oxygens (including phenoxy) is 2. The van der Waals surface area contributed by atoms with Crippen LogP contribution in [-0.2, 0) is 19.1 Å². The quantitative estimate of drug-likeness (QED) is 0.203. The Balaban J connectivity index is 1.17. The number of hydrogen-bond acceptors (Lipinski definition) is 10. The fourth-order valence-electron chi connectivity index (χ4n) is 6.86. The molecule has 0 aliphatic carbocycles. The first-order chi connectivity index (χ1) is 17.8. The van der Waals surface area contributed by atoms with E-state index in [1.54, 1.807) is 26.0 Å². The Kier molecular flexibility index (Phi) is 8.89. The molecule has 5 aliphatic heterocycles. The second-order valence-corrected chi connectivity index (χ2v) is 13.0. The van der Waals surface area contributed by atoms with Gasteiger partial charge in [-0.3, -0.25) is 25.6 Å². The van der Waals surface area contributed by atoms with Gasteiger partial charge in [0.1, 0.15) is 11.5 Å². The molecule has 11 unspecified atom stereocenters. The lowest BCUT2D eigenvalue weighted by atomic mass is 9.70. The Morgan fingerprint density at radius 1 is 1.03 bits per heavy atom. The maximum atomic E-state index is 13.6. The van der Waals surface area contributed by atoms with Crippen molar-refractivity contribution in [2.45, 2.75) is 66.3 Å². The van der Waals surface area contributed by atoms with Crippen LogP contribution in [0.2, 0.25) is 0 Å². The van der Waals surface area contributed by atoms with Crippen LogP contribution in [0.5, 0.6) is 0 Å². The minimum Gasteiger partial charge on any atom is -0.380 e. The SMILES string of the molecule is COC1CNC(Cl)CC1C1CC(C)NCC1C(=O)NC1NC2CN(C(=O)C3C(OC)CNN3C)CC2S1. The molecule has 0 aromatic carbocycles. The number of hydrogen-bond donors (Lipinski definition) is 5. The summed E-state index contributed by atoms with van der Waals surface area (Å²) >= 11 is 8.18. The van der Waals surface area contributed by atoms with Crippen LogP contribution in [0, 0.1) is 17.8 Å². The standard InChI is InChI=1S/C24H42ClN7O4S/c1-12-5-13(14-6-20(25)27-8-17(14)35-3)15(7-26-12)22(33)30-24-29-16-10-32(11-19(16)37-24)23(34)21-18(36-4)9-28-31(21)2/h12-21,24,26-29H,5-11H2,1-4H3,(H,30,33). The van der Waals surface area contributed by atoms with E-state index in [1.807, 2.05) is 17.0 Å². The lowest BCUT2D eigenvalue weighted by Crippen LogP contribution is -2.57. The maximum absolute atomic E-state index is 13.6. The number of thioether (sulfide) groups is 1. The lowest BCUT2D eigenvalue weighted by Gasteiger charge is -2.45. The van der Waals surface area contributed by atoms with Gasteiger partial charge in [0.15, 0.2) is 0 Å². The van der Waals surface area contributed by atoms with Crippen LogP contribution in [0.1, 0.15) is 19.8 Å². The Bertz CT molecular complexity index is 831. The summed E-state index contributed by atoms with van der Waals surface area (Å²) in [4.78, 5) is 28.7. The second-order valence-electron chi connectivity index (χ2n) is 11.1. The van der Waals surface area contributed by atoms with Gasteiger partial charge in [-0.25, -0.2) is 5.01 Å². The largest absolute Gasteiger partial charge is 0.380 e. The van der Waals surface area contributed by atoms with E-state index in [9.17, 15) is 9.59 Å². The molecule has 5 rings (SSSR count). The van der Waals surface area contributed by atoms with E-state index < -0.39 is 0 Å². The molecule has 37 heavy (non-hydrogen) atoms. The van der Waals surface area contributed by atoms with Gasteiger partial charge in [-0.15, -0.1) is 23.4 Å². The van der Waals surface area contributed by atoms with Crippen molar-refractivity contribution in [3.8, 4) is 0 Å². The van der Waals surface area contributed by atoms with Gasteiger partial charge in [0.2, 0.25) is 11.8 Å². The minimum atomic E-state index is -0.319. The average Bonchev–Trinajstić information content (AvgIpc) is 3.56. The van der Waals surface area contributed by atoms with Gasteiger partial charge in [-0.05, 0) is 31.6 Å². The van der Waals surface area contributed by atoms with Crippen LogP contribution < -0.4 is 26.7 Å². The molecule has 0 aromatic heterocycles. The number of nitrogens with zero attached hydrogens (tertiary/aromatic N) is 2. The monoisotopic (exact) mass is 559 g/mol. The van der Waals surface area contributed by atoms with Gasteiger partial charge in [-0.2, -0.15) is 0 Å². The van der Waals surface area contributed by atoms with Crippen LogP contribution in [0.4, 0.5) is 0 Å². The number of alkyl halides is 1. The number of halogens is 1. The van der Waals surface area contributed by atoms with Gasteiger partial charge in [-0.1, -0.05) is 0 Å². The number of carbonyl (C=O) groups is 2. The predicted molar refractivity (Wildman–Crippen MR) is 143 cm³/mol. The molecular weight excluding hydrogens is 518 g/mol. The van der Waals surface area contributed by atoms with Crippen molar-refractivity contribution in [2.75, 3.05) is 54.0 Å². The molecule has 13 heteroatoms. The van der Waals surface area contributed by atoms with E-state index in [0.29, 0.717) is 38.8 Å². The van der Waals surface area contributed by atoms with E-state index >= 15 is 0 Å². The van der Waals surface area contributed by atoms with Crippen LogP contribution in [0.3, 0.4) is 0 Å². The Labute approximate surface area is 228 Å². The topological polar surface area (TPSA) is 119 Å². The Morgan fingerprint density at radius 3 is 2.54 bits per heavy atom. The van der Waals surface area contributed by atoms with Gasteiger partial charge in [0, 0.05) is 71.3 Å². The summed E-state index contributed by atoms with van der Waals surface area (Å²) in [5, 5.41) is 15.7. The second kappa shape index (κ2) is 11.8. The molecule has 2 amide bonds. The molecule has 0 aromatic rings. The number of nitrogens with one attached hydrogen (secondary N) is 5. The number of likely N-dealkylation sites (N-methyl/N-ethyl adjacent to an activating group) is 1. The number of likely N-dealkylation sites (tertiary alicyclic amines) is 1. The minimum absolute atomic E-state index is 0.0503. The van der Waals surface area contributed by atoms with Gasteiger partial charge in [0.05, 0.1) is 23.6 Å². The van der Waals surface area contributed by atoms with E-state index in [4.69, 9.17) is 21.1 Å².